The molecule has 4 aliphatic carbocycles. The summed E-state index contributed by atoms with van der Waals surface area (Å²) in [6.07, 6.45) is 8.29. The van der Waals surface area contributed by atoms with Crippen molar-refractivity contribution < 1.29 is 0 Å². The SMILES string of the molecule is Nc1snc(C23CC4CC(CC(C4)C2)C3)c1Cl. The molecule has 1 heterocycles. The van der Waals surface area contributed by atoms with E-state index in [9.17, 15) is 0 Å². The first-order valence-electron chi connectivity index (χ1n) is 6.57. The van der Waals surface area contributed by atoms with Crippen molar-refractivity contribution >= 4 is 28.1 Å². The zero-order valence-corrected chi connectivity index (χ0v) is 11.4. The van der Waals surface area contributed by atoms with E-state index in [0.29, 0.717) is 10.4 Å². The lowest BCUT2D eigenvalue weighted by atomic mass is 9.49. The van der Waals surface area contributed by atoms with Crippen molar-refractivity contribution in [3.63, 3.8) is 0 Å². The van der Waals surface area contributed by atoms with Gasteiger partial charge in [0.1, 0.15) is 5.00 Å². The largest absolute Gasteiger partial charge is 0.388 e. The van der Waals surface area contributed by atoms with Crippen molar-refractivity contribution in [3.8, 4) is 0 Å². The minimum absolute atomic E-state index is 0.292. The zero-order valence-electron chi connectivity index (χ0n) is 9.79. The topological polar surface area (TPSA) is 38.9 Å². The molecule has 2 N–H and O–H groups in total. The first-order chi connectivity index (χ1) is 8.16. The standard InChI is InChI=1S/C13H17ClN2S/c14-10-11(16-17-12(10)15)13-4-7-1-8(5-13)3-9(2-7)6-13/h7-9H,1-6,15H2. The van der Waals surface area contributed by atoms with Crippen LogP contribution in [0.2, 0.25) is 5.02 Å². The van der Waals surface area contributed by atoms with E-state index >= 15 is 0 Å². The summed E-state index contributed by atoms with van der Waals surface area (Å²) >= 11 is 7.74. The number of nitrogens with two attached hydrogens (primary N) is 1. The van der Waals surface area contributed by atoms with Gasteiger partial charge in [-0.3, -0.25) is 0 Å². The molecule has 17 heavy (non-hydrogen) atoms. The molecule has 0 unspecified atom stereocenters. The van der Waals surface area contributed by atoms with Gasteiger partial charge in [-0.25, -0.2) is 0 Å². The summed E-state index contributed by atoms with van der Waals surface area (Å²) in [6, 6.07) is 0. The highest BCUT2D eigenvalue weighted by molar-refractivity contribution is 7.10. The van der Waals surface area contributed by atoms with Crippen LogP contribution in [0.4, 0.5) is 5.00 Å². The Morgan fingerprint density at radius 1 is 1.12 bits per heavy atom. The van der Waals surface area contributed by atoms with Crippen LogP contribution >= 0.6 is 23.1 Å². The van der Waals surface area contributed by atoms with Gasteiger partial charge >= 0.3 is 0 Å². The van der Waals surface area contributed by atoms with Gasteiger partial charge in [-0.1, -0.05) is 11.6 Å². The lowest BCUT2D eigenvalue weighted by Gasteiger charge is -2.56. The quantitative estimate of drug-likeness (QED) is 0.840. The van der Waals surface area contributed by atoms with E-state index in [1.165, 1.54) is 50.1 Å². The molecule has 0 aliphatic heterocycles. The normalized spacial score (nSPS) is 43.2. The molecule has 2 nitrogen and oxygen atoms in total. The Kier molecular flexibility index (Phi) is 2.12. The molecule has 4 bridgehead atoms. The first kappa shape index (κ1) is 10.6. The maximum absolute atomic E-state index is 6.37. The molecule has 4 fully saturated rings. The van der Waals surface area contributed by atoms with Crippen LogP contribution in [0.1, 0.15) is 44.2 Å². The fourth-order valence-corrected chi connectivity index (χ4v) is 6.07. The van der Waals surface area contributed by atoms with Gasteiger partial charge in [0.2, 0.25) is 0 Å². The van der Waals surface area contributed by atoms with Crippen LogP contribution < -0.4 is 5.73 Å². The summed E-state index contributed by atoms with van der Waals surface area (Å²) in [7, 11) is 0. The molecule has 92 valence electrons. The van der Waals surface area contributed by atoms with Gasteiger partial charge in [0, 0.05) is 5.41 Å². The molecule has 4 aliphatic rings. The molecule has 4 saturated carbocycles. The Hall–Kier alpha value is -0.280. The number of nitrogens with zero attached hydrogens (tertiary/aromatic N) is 1. The molecule has 4 heteroatoms. The van der Waals surface area contributed by atoms with E-state index in [-0.39, 0.29) is 0 Å². The number of halogens is 1. The number of hydrogen-bond acceptors (Lipinski definition) is 3. The maximum Gasteiger partial charge on any atom is 0.126 e. The van der Waals surface area contributed by atoms with Crippen LogP contribution in [0.3, 0.4) is 0 Å². The summed E-state index contributed by atoms with van der Waals surface area (Å²) in [5, 5.41) is 1.47. The highest BCUT2D eigenvalue weighted by Gasteiger charge is 2.53. The second-order valence-corrected chi connectivity index (χ2v) is 7.59. The Morgan fingerprint density at radius 2 is 1.65 bits per heavy atom. The summed E-state index contributed by atoms with van der Waals surface area (Å²) in [5.41, 5.74) is 7.31. The van der Waals surface area contributed by atoms with Crippen LogP contribution in [0, 0.1) is 17.8 Å². The Balaban J connectivity index is 1.80. The molecule has 0 radical (unpaired) electrons. The van der Waals surface area contributed by atoms with Crippen molar-refractivity contribution in [1.29, 1.82) is 0 Å². The fourth-order valence-electron chi connectivity index (χ4n) is 5.02. The lowest BCUT2D eigenvalue weighted by Crippen LogP contribution is -2.48. The van der Waals surface area contributed by atoms with Crippen molar-refractivity contribution in [2.75, 3.05) is 5.73 Å². The molecule has 1 aromatic heterocycles. The van der Waals surface area contributed by atoms with E-state index in [1.807, 2.05) is 0 Å². The van der Waals surface area contributed by atoms with Crippen LogP contribution in [-0.4, -0.2) is 4.37 Å². The summed E-state index contributed by atoms with van der Waals surface area (Å²) in [5.74, 6) is 2.79. The Bertz CT molecular complexity index is 433. The molecular formula is C13H17ClN2S. The van der Waals surface area contributed by atoms with E-state index < -0.39 is 0 Å². The summed E-state index contributed by atoms with van der Waals surface area (Å²) in [6.45, 7) is 0. The third kappa shape index (κ3) is 1.42. The number of hydrogen-bond donors (Lipinski definition) is 1. The van der Waals surface area contributed by atoms with Gasteiger partial charge in [-0.05, 0) is 67.8 Å². The minimum atomic E-state index is 0.292. The monoisotopic (exact) mass is 268 g/mol. The second-order valence-electron chi connectivity index (χ2n) is 6.41. The first-order valence-corrected chi connectivity index (χ1v) is 7.72. The molecule has 5 rings (SSSR count). The van der Waals surface area contributed by atoms with Gasteiger partial charge < -0.3 is 5.73 Å². The van der Waals surface area contributed by atoms with Crippen molar-refractivity contribution in [2.45, 2.75) is 43.9 Å². The van der Waals surface area contributed by atoms with Gasteiger partial charge in [0.15, 0.2) is 0 Å². The number of nitrogen functional groups attached to an aromatic ring is 1. The number of rotatable bonds is 1. The summed E-state index contributed by atoms with van der Waals surface area (Å²) < 4.78 is 4.59. The van der Waals surface area contributed by atoms with E-state index in [1.54, 1.807) is 0 Å². The van der Waals surface area contributed by atoms with E-state index in [2.05, 4.69) is 4.37 Å². The Morgan fingerprint density at radius 3 is 2.06 bits per heavy atom. The summed E-state index contributed by atoms with van der Waals surface area (Å²) in [4.78, 5) is 0. The molecule has 0 amide bonds. The van der Waals surface area contributed by atoms with Crippen LogP contribution in [0.15, 0.2) is 0 Å². The molecule has 0 atom stereocenters. The predicted molar refractivity (Wildman–Crippen MR) is 71.4 cm³/mol. The molecule has 0 spiro atoms. The third-order valence-electron chi connectivity index (χ3n) is 5.20. The lowest BCUT2D eigenvalue weighted by molar-refractivity contribution is -0.00670. The smallest absolute Gasteiger partial charge is 0.126 e. The second kappa shape index (κ2) is 3.39. The van der Waals surface area contributed by atoms with Crippen molar-refractivity contribution in [3.05, 3.63) is 10.7 Å². The van der Waals surface area contributed by atoms with Gasteiger partial charge in [0.05, 0.1) is 10.7 Å². The number of aromatic nitrogens is 1. The molecule has 0 saturated heterocycles. The van der Waals surface area contributed by atoms with Gasteiger partial charge in [-0.2, -0.15) is 4.37 Å². The maximum atomic E-state index is 6.37. The van der Waals surface area contributed by atoms with Crippen molar-refractivity contribution in [1.82, 2.24) is 4.37 Å². The van der Waals surface area contributed by atoms with Gasteiger partial charge in [0.25, 0.3) is 0 Å². The van der Waals surface area contributed by atoms with Crippen LogP contribution in [-0.2, 0) is 5.41 Å². The van der Waals surface area contributed by atoms with E-state index in [4.69, 9.17) is 17.3 Å². The highest BCUT2D eigenvalue weighted by Crippen LogP contribution is 2.61. The molecule has 0 aromatic carbocycles. The molecule has 1 aromatic rings. The minimum Gasteiger partial charge on any atom is -0.388 e. The van der Waals surface area contributed by atoms with Gasteiger partial charge in [-0.15, -0.1) is 0 Å². The zero-order chi connectivity index (χ0) is 11.6. The Labute approximate surface area is 111 Å². The van der Waals surface area contributed by atoms with Crippen LogP contribution in [0.25, 0.3) is 0 Å². The number of anilines is 1. The van der Waals surface area contributed by atoms with Crippen molar-refractivity contribution in [2.24, 2.45) is 17.8 Å². The van der Waals surface area contributed by atoms with E-state index in [0.717, 1.165) is 28.5 Å². The highest BCUT2D eigenvalue weighted by atomic mass is 35.5. The third-order valence-corrected chi connectivity index (χ3v) is 6.37. The average molecular weight is 269 g/mol. The molecular weight excluding hydrogens is 252 g/mol. The predicted octanol–water partition coefficient (Wildman–Crippen LogP) is 3.85. The van der Waals surface area contributed by atoms with Crippen LogP contribution in [0.5, 0.6) is 0 Å². The fraction of sp³-hybridized carbons (Fsp3) is 0.769. The average Bonchev–Trinajstić information content (AvgIpc) is 2.58.